The van der Waals surface area contributed by atoms with Gasteiger partial charge in [-0.05, 0) is 67.0 Å². The summed E-state index contributed by atoms with van der Waals surface area (Å²) in [6.45, 7) is 10.7. The molecule has 0 radical (unpaired) electrons. The first-order valence-electron chi connectivity index (χ1n) is 13.5. The van der Waals surface area contributed by atoms with Crippen LogP contribution in [0.5, 0.6) is 11.5 Å². The molecule has 3 heterocycles. The van der Waals surface area contributed by atoms with E-state index in [9.17, 15) is 8.42 Å². The lowest BCUT2D eigenvalue weighted by Gasteiger charge is -2.33. The second-order valence-corrected chi connectivity index (χ2v) is 20.2. The maximum absolute atomic E-state index is 16.5. The number of nitrogens with zero attached hydrogens (tertiary/aromatic N) is 6. The van der Waals surface area contributed by atoms with Gasteiger partial charge in [0.2, 0.25) is 21.8 Å². The topological polar surface area (TPSA) is 125 Å². The second kappa shape index (κ2) is 12.4. The van der Waals surface area contributed by atoms with E-state index in [-0.39, 0.29) is 24.1 Å². The summed E-state index contributed by atoms with van der Waals surface area (Å²) in [5.41, 5.74) is -2.10. The summed E-state index contributed by atoms with van der Waals surface area (Å²) in [5, 5.41) is 7.16. The van der Waals surface area contributed by atoms with Crippen molar-refractivity contribution in [3.05, 3.63) is 58.8 Å². The lowest BCUT2D eigenvalue weighted by Crippen LogP contribution is -2.48. The van der Waals surface area contributed by atoms with Crippen LogP contribution in [0.4, 0.5) is 10.3 Å². The number of rotatable bonds is 12. The van der Waals surface area contributed by atoms with Crippen molar-refractivity contribution in [3.8, 4) is 28.8 Å². The molecule has 0 spiro atoms. The Morgan fingerprint density at radius 2 is 1.70 bits per heavy atom. The molecule has 11 nitrogen and oxygen atoms in total. The first-order chi connectivity index (χ1) is 20.1. The normalized spacial score (nSPS) is 14.3. The fourth-order valence-corrected chi connectivity index (χ4v) is 7.40. The number of sulfonamides is 1. The summed E-state index contributed by atoms with van der Waals surface area (Å²) in [6.07, 6.45) is 2.76. The van der Waals surface area contributed by atoms with Crippen molar-refractivity contribution in [2.24, 2.45) is 0 Å². The Kier molecular flexibility index (Phi) is 9.37. The predicted molar refractivity (Wildman–Crippen MR) is 169 cm³/mol. The molecule has 4 rings (SSSR count). The van der Waals surface area contributed by atoms with Crippen LogP contribution >= 0.6 is 15.9 Å². The number of aryl methyl sites for hydroxylation is 1. The Morgan fingerprint density at radius 1 is 1.09 bits per heavy atom. The maximum atomic E-state index is 16.5. The highest BCUT2D eigenvalue weighted by Gasteiger charge is 2.48. The molecule has 0 aliphatic carbocycles. The number of methoxy groups -OCH3 is 2. The minimum atomic E-state index is -4.47. The summed E-state index contributed by atoms with van der Waals surface area (Å²) < 4.78 is 66.0. The van der Waals surface area contributed by atoms with Crippen LogP contribution in [0.25, 0.3) is 17.3 Å². The number of alkyl halides is 1. The highest BCUT2D eigenvalue weighted by atomic mass is 79.9. The third kappa shape index (κ3) is 6.62. The van der Waals surface area contributed by atoms with Gasteiger partial charge in [-0.25, -0.2) is 27.1 Å². The van der Waals surface area contributed by atoms with Gasteiger partial charge in [-0.3, -0.25) is 4.57 Å². The molecule has 3 aromatic heterocycles. The Bertz CT molecular complexity index is 1670. The molecule has 1 aromatic carbocycles. The van der Waals surface area contributed by atoms with Crippen molar-refractivity contribution >= 4 is 40.0 Å². The quantitative estimate of drug-likeness (QED) is 0.160. The van der Waals surface area contributed by atoms with Crippen LogP contribution in [0, 0.1) is 6.92 Å². The molecular formula is C28H36BrFN6O5SSi. The molecule has 0 bridgehead atoms. The fourth-order valence-electron chi connectivity index (χ4n) is 4.40. The van der Waals surface area contributed by atoms with E-state index < -0.39 is 29.0 Å². The number of benzene rings is 1. The van der Waals surface area contributed by atoms with Gasteiger partial charge >= 0.3 is 0 Å². The zero-order valence-electron chi connectivity index (χ0n) is 25.4. The molecule has 2 atom stereocenters. The molecule has 4 aromatic rings. The van der Waals surface area contributed by atoms with Gasteiger partial charge in [0.25, 0.3) is 0 Å². The maximum Gasteiger partial charge on any atom is 0.246 e. The van der Waals surface area contributed by atoms with E-state index >= 15 is 4.39 Å². The molecule has 0 aliphatic heterocycles. The van der Waals surface area contributed by atoms with Gasteiger partial charge in [0.05, 0.1) is 18.7 Å². The number of ether oxygens (including phenoxy) is 2. The van der Waals surface area contributed by atoms with Crippen molar-refractivity contribution in [1.82, 2.24) is 24.7 Å². The van der Waals surface area contributed by atoms with E-state index in [1.807, 2.05) is 0 Å². The second-order valence-electron chi connectivity index (χ2n) is 11.5. The van der Waals surface area contributed by atoms with Crippen LogP contribution in [-0.4, -0.2) is 67.2 Å². The van der Waals surface area contributed by atoms with E-state index in [4.69, 9.17) is 13.9 Å². The Morgan fingerprint density at radius 3 is 2.21 bits per heavy atom. The summed E-state index contributed by atoms with van der Waals surface area (Å²) in [7, 11) is -3.31. The smallest absolute Gasteiger partial charge is 0.246 e. The molecule has 15 heteroatoms. The number of aromatic nitrogens is 5. The highest BCUT2D eigenvalue weighted by molar-refractivity contribution is 9.10. The number of furan rings is 1. The monoisotopic (exact) mass is 694 g/mol. The largest absolute Gasteiger partial charge is 0.494 e. The van der Waals surface area contributed by atoms with Crippen LogP contribution in [0.1, 0.15) is 25.4 Å². The lowest BCUT2D eigenvalue weighted by atomic mass is 10.0. The van der Waals surface area contributed by atoms with Crippen molar-refractivity contribution in [1.29, 1.82) is 0 Å². The molecule has 0 amide bonds. The molecule has 232 valence electrons. The molecule has 0 unspecified atom stereocenters. The van der Waals surface area contributed by atoms with Crippen LogP contribution in [0.2, 0.25) is 25.7 Å². The summed E-state index contributed by atoms with van der Waals surface area (Å²) >= 11 is 3.24. The zero-order valence-corrected chi connectivity index (χ0v) is 28.8. The summed E-state index contributed by atoms with van der Waals surface area (Å²) in [4.78, 5) is 8.14. The number of anilines is 1. The van der Waals surface area contributed by atoms with Gasteiger partial charge < -0.3 is 13.9 Å². The van der Waals surface area contributed by atoms with Crippen LogP contribution in [0.3, 0.4) is 0 Å². The molecule has 0 N–H and O–H groups in total. The minimum Gasteiger partial charge on any atom is -0.494 e. The third-order valence-electron chi connectivity index (χ3n) is 7.10. The lowest BCUT2D eigenvalue weighted by molar-refractivity contribution is 0.174. The van der Waals surface area contributed by atoms with Gasteiger partial charge in [-0.15, -0.1) is 10.2 Å². The van der Waals surface area contributed by atoms with E-state index in [0.717, 1.165) is 4.31 Å². The van der Waals surface area contributed by atoms with Gasteiger partial charge in [0, 0.05) is 27.0 Å². The van der Waals surface area contributed by atoms with Crippen molar-refractivity contribution in [2.45, 2.75) is 57.4 Å². The number of hydrogen-bond donors (Lipinski definition) is 0. The van der Waals surface area contributed by atoms with Crippen LogP contribution in [-0.2, 0) is 15.7 Å². The number of para-hydroxylation sites is 1. The number of halogens is 2. The van der Waals surface area contributed by atoms with Gasteiger partial charge in [0.15, 0.2) is 17.3 Å². The Labute approximate surface area is 260 Å². The van der Waals surface area contributed by atoms with Gasteiger partial charge in [0.1, 0.15) is 28.2 Å². The van der Waals surface area contributed by atoms with Gasteiger partial charge in [-0.1, -0.05) is 25.7 Å². The molecular weight excluding hydrogens is 659 g/mol. The van der Waals surface area contributed by atoms with E-state index in [1.165, 1.54) is 45.0 Å². The Balaban J connectivity index is 1.99. The standard InChI is InChI=1S/C28H36BrFN6O5SSi/c1-18-12-13-23(41-18)25-33-34-27(36(25)24-21(39-4)10-9-11-22(24)40-5)35(14-15-43(6,7)8)42(37,38)19(2)28(3,30)26-31-16-20(29)17-32-26/h9-13,16-17,19H,14-15H2,1-8H3/t19-,28-/m0/s1. The molecule has 0 aliphatic rings. The van der Waals surface area contributed by atoms with E-state index in [2.05, 4.69) is 55.7 Å². The average molecular weight is 696 g/mol. The predicted octanol–water partition coefficient (Wildman–Crippen LogP) is 6.15. The van der Waals surface area contributed by atoms with E-state index in [0.29, 0.717) is 39.2 Å². The van der Waals surface area contributed by atoms with Gasteiger partial charge in [-0.2, -0.15) is 0 Å². The molecule has 0 fully saturated rings. The minimum absolute atomic E-state index is 0.0342. The highest BCUT2D eigenvalue weighted by Crippen LogP contribution is 2.41. The average Bonchev–Trinajstić information content (AvgIpc) is 3.57. The van der Waals surface area contributed by atoms with E-state index in [1.54, 1.807) is 37.3 Å². The third-order valence-corrected chi connectivity index (χ3v) is 11.5. The zero-order chi connectivity index (χ0) is 31.7. The van der Waals surface area contributed by atoms with Crippen LogP contribution in [0.15, 0.2) is 51.6 Å². The summed E-state index contributed by atoms with van der Waals surface area (Å²) in [6, 6.07) is 9.21. The van der Waals surface area contributed by atoms with Crippen molar-refractivity contribution in [2.75, 3.05) is 25.1 Å². The molecule has 43 heavy (non-hydrogen) atoms. The first-order valence-corrected chi connectivity index (χ1v) is 19.5. The SMILES string of the molecule is COc1cccc(OC)c1-n1c(-c2ccc(C)o2)nnc1N(CC[Si](C)(C)C)S(=O)(=O)[C@@H](C)[C@](C)(F)c1ncc(Br)cn1. The Hall–Kier alpha value is -3.30. The summed E-state index contributed by atoms with van der Waals surface area (Å²) in [5.74, 6) is 1.61. The van der Waals surface area contributed by atoms with Crippen molar-refractivity contribution < 1.29 is 26.7 Å². The molecule has 0 saturated heterocycles. The van der Waals surface area contributed by atoms with Crippen LogP contribution < -0.4 is 13.8 Å². The fraction of sp³-hybridized carbons (Fsp3) is 0.429. The first kappa shape index (κ1) is 32.6. The number of hydrogen-bond acceptors (Lipinski definition) is 9. The molecule has 0 saturated carbocycles. The van der Waals surface area contributed by atoms with Crippen molar-refractivity contribution in [3.63, 3.8) is 0 Å².